The Balaban J connectivity index is 3.27. The molecule has 0 aromatic heterocycles. The number of methoxy groups -OCH3 is 1. The van der Waals surface area contributed by atoms with Crippen LogP contribution in [0.3, 0.4) is 0 Å². The number of hydrazine groups is 1. The third-order valence-electron chi connectivity index (χ3n) is 1.74. The van der Waals surface area contributed by atoms with Crippen LogP contribution in [0.5, 0.6) is 5.75 Å². The van der Waals surface area contributed by atoms with Crippen molar-refractivity contribution >= 4 is 17.1 Å². The normalized spacial score (nSPS) is 9.77. The summed E-state index contributed by atoms with van der Waals surface area (Å²) in [6.45, 7) is 0. The molecule has 0 aliphatic heterocycles. The third kappa shape index (κ3) is 1.75. The molecule has 0 unspecified atom stereocenters. The second kappa shape index (κ2) is 3.40. The summed E-state index contributed by atoms with van der Waals surface area (Å²) in [5.74, 6) is 6.08. The van der Waals surface area contributed by atoms with E-state index in [-0.39, 0.29) is 0 Å². The van der Waals surface area contributed by atoms with Gasteiger partial charge in [-0.05, 0) is 6.07 Å². The number of hydrogen-bond acceptors (Lipinski definition) is 5. The molecule has 1 aromatic carbocycles. The first-order valence-electron chi connectivity index (χ1n) is 3.77. The molecular weight excluding hydrogens is 168 g/mol. The van der Waals surface area contributed by atoms with Crippen LogP contribution in [-0.2, 0) is 0 Å². The monoisotopic (exact) mass is 182 g/mol. The Kier molecular flexibility index (Phi) is 2.48. The van der Waals surface area contributed by atoms with E-state index >= 15 is 0 Å². The molecule has 0 bridgehead atoms. The van der Waals surface area contributed by atoms with Crippen molar-refractivity contribution in [2.24, 2.45) is 5.84 Å². The average Bonchev–Trinajstić information content (AvgIpc) is 2.08. The maximum atomic E-state index is 5.76. The lowest BCUT2D eigenvalue weighted by atomic mass is 10.2. The second-order valence-electron chi connectivity index (χ2n) is 2.77. The van der Waals surface area contributed by atoms with Gasteiger partial charge in [-0.3, -0.25) is 0 Å². The summed E-state index contributed by atoms with van der Waals surface area (Å²) in [6, 6.07) is 3.35. The molecular formula is C8H14N4O. The molecule has 1 aromatic rings. The second-order valence-corrected chi connectivity index (χ2v) is 2.77. The Morgan fingerprint density at radius 1 is 1.31 bits per heavy atom. The van der Waals surface area contributed by atoms with E-state index in [9.17, 15) is 0 Å². The zero-order valence-corrected chi connectivity index (χ0v) is 7.74. The maximum Gasteiger partial charge on any atom is 0.145 e. The van der Waals surface area contributed by atoms with Crippen molar-refractivity contribution in [1.29, 1.82) is 0 Å². The lowest BCUT2D eigenvalue weighted by Gasteiger charge is -2.17. The van der Waals surface area contributed by atoms with Gasteiger partial charge in [-0.1, -0.05) is 0 Å². The van der Waals surface area contributed by atoms with E-state index in [1.54, 1.807) is 19.2 Å². The van der Waals surface area contributed by atoms with Crippen molar-refractivity contribution < 1.29 is 4.74 Å². The average molecular weight is 182 g/mol. The molecule has 0 atom stereocenters. The van der Waals surface area contributed by atoms with Gasteiger partial charge in [0.2, 0.25) is 0 Å². The summed E-state index contributed by atoms with van der Waals surface area (Å²) in [7, 11) is 3.22. The Labute approximate surface area is 77.0 Å². The summed E-state index contributed by atoms with van der Waals surface area (Å²) in [5, 5.41) is 1.40. The Bertz CT molecular complexity index is 311. The van der Waals surface area contributed by atoms with Gasteiger partial charge in [-0.15, -0.1) is 0 Å². The highest BCUT2D eigenvalue weighted by Crippen LogP contribution is 2.33. The number of hydrogen-bond donors (Lipinski definition) is 3. The zero-order chi connectivity index (χ0) is 10.0. The lowest BCUT2D eigenvalue weighted by Crippen LogP contribution is -2.26. The van der Waals surface area contributed by atoms with Gasteiger partial charge in [0.1, 0.15) is 5.75 Å². The maximum absolute atomic E-state index is 5.76. The van der Waals surface area contributed by atoms with E-state index in [1.807, 2.05) is 0 Å². The van der Waals surface area contributed by atoms with Crippen molar-refractivity contribution in [3.63, 3.8) is 0 Å². The van der Waals surface area contributed by atoms with E-state index in [0.29, 0.717) is 22.8 Å². The molecule has 5 heteroatoms. The highest BCUT2D eigenvalue weighted by molar-refractivity contribution is 5.77. The Hall–Kier alpha value is -1.62. The summed E-state index contributed by atoms with van der Waals surface area (Å²) in [6.07, 6.45) is 0. The van der Waals surface area contributed by atoms with Gasteiger partial charge in [0.15, 0.2) is 0 Å². The number of nitrogens with two attached hydrogens (primary N) is 3. The van der Waals surface area contributed by atoms with Crippen molar-refractivity contribution in [2.45, 2.75) is 0 Å². The molecule has 0 aliphatic carbocycles. The molecule has 6 N–H and O–H groups in total. The van der Waals surface area contributed by atoms with Gasteiger partial charge in [-0.25, -0.2) is 5.84 Å². The van der Waals surface area contributed by atoms with Crippen LogP contribution < -0.4 is 27.1 Å². The summed E-state index contributed by atoms with van der Waals surface area (Å²) >= 11 is 0. The van der Waals surface area contributed by atoms with Gasteiger partial charge in [0.05, 0.1) is 18.5 Å². The van der Waals surface area contributed by atoms with E-state index in [4.69, 9.17) is 22.0 Å². The Morgan fingerprint density at radius 3 is 2.38 bits per heavy atom. The van der Waals surface area contributed by atoms with Gasteiger partial charge in [0, 0.05) is 18.8 Å². The minimum absolute atomic E-state index is 0.488. The molecule has 0 saturated carbocycles. The molecule has 0 saturated heterocycles. The van der Waals surface area contributed by atoms with Crippen LogP contribution >= 0.6 is 0 Å². The molecule has 0 spiro atoms. The fourth-order valence-electron chi connectivity index (χ4n) is 1.09. The topological polar surface area (TPSA) is 90.5 Å². The molecule has 0 heterocycles. The predicted molar refractivity (Wildman–Crippen MR) is 54.4 cm³/mol. The molecule has 0 radical (unpaired) electrons. The number of anilines is 3. The van der Waals surface area contributed by atoms with E-state index in [1.165, 1.54) is 12.1 Å². The van der Waals surface area contributed by atoms with Crippen LogP contribution in [-0.4, -0.2) is 14.2 Å². The van der Waals surface area contributed by atoms with E-state index < -0.39 is 0 Å². The number of rotatable bonds is 2. The van der Waals surface area contributed by atoms with Crippen molar-refractivity contribution in [1.82, 2.24) is 0 Å². The van der Waals surface area contributed by atoms with Crippen molar-refractivity contribution in [3.05, 3.63) is 12.1 Å². The number of ether oxygens (including phenoxy) is 1. The minimum atomic E-state index is 0.488. The SMILES string of the molecule is COc1cc(N)cc(N(C)N)c1N. The van der Waals surface area contributed by atoms with Crippen LogP contribution in [0, 0.1) is 0 Å². The standard InChI is InChI=1S/C8H14N4O/c1-12(11)6-3-5(9)4-7(13-2)8(6)10/h3-4H,9-11H2,1-2H3. The van der Waals surface area contributed by atoms with Gasteiger partial charge >= 0.3 is 0 Å². The third-order valence-corrected chi connectivity index (χ3v) is 1.74. The Morgan fingerprint density at radius 2 is 1.92 bits per heavy atom. The molecule has 0 aliphatic rings. The van der Waals surface area contributed by atoms with E-state index in [0.717, 1.165) is 0 Å². The quantitative estimate of drug-likeness (QED) is 0.344. The lowest BCUT2D eigenvalue weighted by molar-refractivity contribution is 0.417. The van der Waals surface area contributed by atoms with Gasteiger partial charge in [-0.2, -0.15) is 0 Å². The number of nitrogens with zero attached hydrogens (tertiary/aromatic N) is 1. The molecule has 0 amide bonds. The number of benzene rings is 1. The molecule has 0 fully saturated rings. The van der Waals surface area contributed by atoms with Crippen molar-refractivity contribution in [2.75, 3.05) is 30.6 Å². The zero-order valence-electron chi connectivity index (χ0n) is 7.74. The first-order valence-corrected chi connectivity index (χ1v) is 3.77. The largest absolute Gasteiger partial charge is 0.494 e. The van der Waals surface area contributed by atoms with Crippen LogP contribution in [0.2, 0.25) is 0 Å². The summed E-state index contributed by atoms with van der Waals surface area (Å²) in [4.78, 5) is 0. The fraction of sp³-hybridized carbons (Fsp3) is 0.250. The minimum Gasteiger partial charge on any atom is -0.494 e. The summed E-state index contributed by atoms with van der Waals surface area (Å²) < 4.78 is 5.03. The van der Waals surface area contributed by atoms with Crippen LogP contribution in [0.25, 0.3) is 0 Å². The smallest absolute Gasteiger partial charge is 0.145 e. The summed E-state index contributed by atoms with van der Waals surface area (Å²) in [5.41, 5.74) is 13.1. The predicted octanol–water partition coefficient (Wildman–Crippen LogP) is 0.170. The van der Waals surface area contributed by atoms with Crippen LogP contribution in [0.1, 0.15) is 0 Å². The van der Waals surface area contributed by atoms with Crippen molar-refractivity contribution in [3.8, 4) is 5.75 Å². The first kappa shape index (κ1) is 9.47. The number of nitrogen functional groups attached to an aromatic ring is 2. The van der Waals surface area contributed by atoms with Gasteiger partial charge in [0.25, 0.3) is 0 Å². The molecule has 1 rings (SSSR count). The first-order chi connectivity index (χ1) is 6.06. The fourth-order valence-corrected chi connectivity index (χ4v) is 1.09. The van der Waals surface area contributed by atoms with Crippen LogP contribution in [0.15, 0.2) is 12.1 Å². The van der Waals surface area contributed by atoms with Crippen LogP contribution in [0.4, 0.5) is 17.1 Å². The molecule has 13 heavy (non-hydrogen) atoms. The van der Waals surface area contributed by atoms with E-state index in [2.05, 4.69) is 0 Å². The van der Waals surface area contributed by atoms with Gasteiger partial charge < -0.3 is 21.2 Å². The highest BCUT2D eigenvalue weighted by Gasteiger charge is 2.08. The molecule has 5 nitrogen and oxygen atoms in total. The molecule has 72 valence electrons. The highest BCUT2D eigenvalue weighted by atomic mass is 16.5.